The summed E-state index contributed by atoms with van der Waals surface area (Å²) in [5.41, 5.74) is 1.68. The Hall–Kier alpha value is -3.02. The van der Waals surface area contributed by atoms with Crippen LogP contribution in [0.15, 0.2) is 42.5 Å². The second kappa shape index (κ2) is 6.30. The molecule has 1 fully saturated rings. The third-order valence-electron chi connectivity index (χ3n) is 5.21. The van der Waals surface area contributed by atoms with Gasteiger partial charge >= 0.3 is 6.03 Å². The van der Waals surface area contributed by atoms with Gasteiger partial charge in [0.25, 0.3) is 5.91 Å². The van der Waals surface area contributed by atoms with Crippen LogP contribution in [-0.2, 0) is 16.9 Å². The van der Waals surface area contributed by atoms with Crippen LogP contribution in [0, 0.1) is 0 Å². The van der Waals surface area contributed by atoms with E-state index in [-0.39, 0.29) is 19.2 Å². The lowest BCUT2D eigenvalue weighted by atomic mass is 9.91. The highest BCUT2D eigenvalue weighted by Crippen LogP contribution is 2.38. The number of imide groups is 1. The standard InChI is InChI=1S/C21H22N2O4/c1-13(2)15-6-4-14(5-7-15)11-23-19(24)21(3,22-20(23)25)16-8-9-17-18(10-16)27-12-26-17/h4-10,13H,11-12H2,1-3H3,(H,22,25). The van der Waals surface area contributed by atoms with Crippen LogP contribution in [0.1, 0.15) is 43.4 Å². The topological polar surface area (TPSA) is 67.9 Å². The Morgan fingerprint density at radius 1 is 1.07 bits per heavy atom. The Bertz CT molecular complexity index is 907. The monoisotopic (exact) mass is 366 g/mol. The summed E-state index contributed by atoms with van der Waals surface area (Å²) in [5.74, 6) is 1.38. The number of hydrogen-bond donors (Lipinski definition) is 1. The largest absolute Gasteiger partial charge is 0.454 e. The second-order valence-electron chi connectivity index (χ2n) is 7.41. The minimum absolute atomic E-state index is 0.161. The molecule has 0 bridgehead atoms. The molecule has 6 nitrogen and oxygen atoms in total. The van der Waals surface area contributed by atoms with Crippen molar-refractivity contribution < 1.29 is 19.1 Å². The third kappa shape index (κ3) is 2.91. The number of nitrogens with one attached hydrogen (secondary N) is 1. The van der Waals surface area contributed by atoms with Crippen molar-refractivity contribution in [1.82, 2.24) is 10.2 Å². The number of hydrogen-bond acceptors (Lipinski definition) is 4. The molecule has 6 heteroatoms. The zero-order valence-corrected chi connectivity index (χ0v) is 15.6. The predicted octanol–water partition coefficient (Wildman–Crippen LogP) is 3.51. The maximum Gasteiger partial charge on any atom is 0.325 e. The van der Waals surface area contributed by atoms with E-state index in [9.17, 15) is 9.59 Å². The Balaban J connectivity index is 1.58. The molecule has 2 aliphatic heterocycles. The quantitative estimate of drug-likeness (QED) is 0.841. The van der Waals surface area contributed by atoms with Crippen LogP contribution in [0.3, 0.4) is 0 Å². The fourth-order valence-corrected chi connectivity index (χ4v) is 3.43. The summed E-state index contributed by atoms with van der Waals surface area (Å²) in [6.45, 7) is 6.37. The summed E-state index contributed by atoms with van der Waals surface area (Å²) in [6, 6.07) is 12.9. The molecule has 1 unspecified atom stereocenters. The lowest BCUT2D eigenvalue weighted by Gasteiger charge is -2.22. The molecule has 0 aliphatic carbocycles. The Kier molecular flexibility index (Phi) is 4.06. The van der Waals surface area contributed by atoms with Crippen LogP contribution in [-0.4, -0.2) is 23.6 Å². The van der Waals surface area contributed by atoms with Crippen molar-refractivity contribution in [2.45, 2.75) is 38.8 Å². The van der Waals surface area contributed by atoms with Gasteiger partial charge in [-0.3, -0.25) is 9.69 Å². The Morgan fingerprint density at radius 2 is 1.78 bits per heavy atom. The molecule has 1 saturated heterocycles. The highest BCUT2D eigenvalue weighted by Gasteiger charge is 2.49. The van der Waals surface area contributed by atoms with Crippen molar-refractivity contribution in [2.75, 3.05) is 6.79 Å². The first kappa shape index (κ1) is 17.4. The minimum Gasteiger partial charge on any atom is -0.454 e. The van der Waals surface area contributed by atoms with Crippen molar-refractivity contribution >= 4 is 11.9 Å². The molecule has 140 valence electrons. The van der Waals surface area contributed by atoms with Gasteiger partial charge in [-0.2, -0.15) is 0 Å². The van der Waals surface area contributed by atoms with Crippen molar-refractivity contribution in [2.24, 2.45) is 0 Å². The van der Waals surface area contributed by atoms with E-state index in [0.29, 0.717) is 23.0 Å². The van der Waals surface area contributed by atoms with Crippen LogP contribution in [0.2, 0.25) is 0 Å². The Morgan fingerprint density at radius 3 is 2.48 bits per heavy atom. The van der Waals surface area contributed by atoms with Crippen LogP contribution < -0.4 is 14.8 Å². The van der Waals surface area contributed by atoms with Gasteiger partial charge in [-0.05, 0) is 41.7 Å². The molecule has 2 aromatic carbocycles. The van der Waals surface area contributed by atoms with Crippen LogP contribution in [0.4, 0.5) is 4.79 Å². The summed E-state index contributed by atoms with van der Waals surface area (Å²) >= 11 is 0. The molecule has 2 aliphatic rings. The first-order valence-corrected chi connectivity index (χ1v) is 9.01. The average Bonchev–Trinajstić information content (AvgIpc) is 3.20. The van der Waals surface area contributed by atoms with E-state index < -0.39 is 11.6 Å². The van der Waals surface area contributed by atoms with Crippen LogP contribution in [0.5, 0.6) is 11.5 Å². The molecule has 0 radical (unpaired) electrons. The van der Waals surface area contributed by atoms with E-state index in [2.05, 4.69) is 19.2 Å². The van der Waals surface area contributed by atoms with Gasteiger partial charge in [-0.15, -0.1) is 0 Å². The van der Waals surface area contributed by atoms with Crippen LogP contribution >= 0.6 is 0 Å². The van der Waals surface area contributed by atoms with E-state index in [1.54, 1.807) is 25.1 Å². The fourth-order valence-electron chi connectivity index (χ4n) is 3.43. The highest BCUT2D eigenvalue weighted by molar-refractivity contribution is 6.07. The van der Waals surface area contributed by atoms with E-state index in [1.807, 2.05) is 24.3 Å². The van der Waals surface area contributed by atoms with Gasteiger partial charge in [0.05, 0.1) is 6.54 Å². The molecule has 0 aromatic heterocycles. The van der Waals surface area contributed by atoms with E-state index >= 15 is 0 Å². The molecule has 2 aromatic rings. The SMILES string of the molecule is CC(C)c1ccc(CN2C(=O)NC(C)(c3ccc4c(c3)OCO4)C2=O)cc1. The number of rotatable bonds is 4. The first-order chi connectivity index (χ1) is 12.9. The van der Waals surface area contributed by atoms with Gasteiger partial charge in [0.2, 0.25) is 6.79 Å². The maximum absolute atomic E-state index is 13.1. The number of nitrogens with zero attached hydrogens (tertiary/aromatic N) is 1. The number of fused-ring (bicyclic) bond motifs is 1. The van der Waals surface area contributed by atoms with Gasteiger partial charge < -0.3 is 14.8 Å². The zero-order chi connectivity index (χ0) is 19.2. The molecule has 27 heavy (non-hydrogen) atoms. The molecule has 1 atom stereocenters. The van der Waals surface area contributed by atoms with Crippen LogP contribution in [0.25, 0.3) is 0 Å². The van der Waals surface area contributed by atoms with Gasteiger partial charge in [-0.25, -0.2) is 4.79 Å². The summed E-state index contributed by atoms with van der Waals surface area (Å²) in [5, 5.41) is 2.83. The molecule has 1 N–H and O–H groups in total. The van der Waals surface area contributed by atoms with Crippen molar-refractivity contribution in [3.63, 3.8) is 0 Å². The first-order valence-electron chi connectivity index (χ1n) is 9.01. The molecule has 0 spiro atoms. The van der Waals surface area contributed by atoms with Gasteiger partial charge in [-0.1, -0.05) is 44.2 Å². The van der Waals surface area contributed by atoms with Crippen molar-refractivity contribution in [3.05, 3.63) is 59.2 Å². The summed E-state index contributed by atoms with van der Waals surface area (Å²) in [6.07, 6.45) is 0. The highest BCUT2D eigenvalue weighted by atomic mass is 16.7. The molecule has 2 heterocycles. The predicted molar refractivity (Wildman–Crippen MR) is 99.5 cm³/mol. The van der Waals surface area contributed by atoms with Crippen molar-refractivity contribution in [1.29, 1.82) is 0 Å². The fraction of sp³-hybridized carbons (Fsp3) is 0.333. The Labute approximate surface area is 158 Å². The summed E-state index contributed by atoms with van der Waals surface area (Å²) in [4.78, 5) is 26.9. The summed E-state index contributed by atoms with van der Waals surface area (Å²) < 4.78 is 10.7. The van der Waals surface area contributed by atoms with Gasteiger partial charge in [0.1, 0.15) is 5.54 Å². The number of amides is 3. The molecular weight excluding hydrogens is 344 g/mol. The normalized spacial score (nSPS) is 21.1. The minimum atomic E-state index is -1.13. The van der Waals surface area contributed by atoms with Gasteiger partial charge in [0, 0.05) is 0 Å². The number of carbonyl (C=O) groups excluding carboxylic acids is 2. The van der Waals surface area contributed by atoms with Crippen molar-refractivity contribution in [3.8, 4) is 11.5 Å². The number of urea groups is 1. The number of ether oxygens (including phenoxy) is 2. The van der Waals surface area contributed by atoms with E-state index in [1.165, 1.54) is 10.5 Å². The van der Waals surface area contributed by atoms with E-state index in [0.717, 1.165) is 5.56 Å². The number of carbonyl (C=O) groups is 2. The lowest BCUT2D eigenvalue weighted by molar-refractivity contribution is -0.131. The lowest BCUT2D eigenvalue weighted by Crippen LogP contribution is -2.40. The average molecular weight is 366 g/mol. The van der Waals surface area contributed by atoms with E-state index in [4.69, 9.17) is 9.47 Å². The third-order valence-corrected chi connectivity index (χ3v) is 5.21. The zero-order valence-electron chi connectivity index (χ0n) is 15.6. The number of benzene rings is 2. The molecule has 0 saturated carbocycles. The molecule has 4 rings (SSSR count). The molecule has 3 amide bonds. The second-order valence-corrected chi connectivity index (χ2v) is 7.41. The summed E-state index contributed by atoms with van der Waals surface area (Å²) in [7, 11) is 0. The van der Waals surface area contributed by atoms with Gasteiger partial charge in [0.15, 0.2) is 11.5 Å². The molecular formula is C21H22N2O4. The maximum atomic E-state index is 13.1. The smallest absolute Gasteiger partial charge is 0.325 e.